The third kappa shape index (κ3) is 9.59. The Bertz CT molecular complexity index is 657. The van der Waals surface area contributed by atoms with Crippen molar-refractivity contribution >= 4 is 0 Å². The van der Waals surface area contributed by atoms with Gasteiger partial charge in [0, 0.05) is 26.2 Å². The first-order valence-corrected chi connectivity index (χ1v) is 10.4. The summed E-state index contributed by atoms with van der Waals surface area (Å²) in [4.78, 5) is 4.13. The summed E-state index contributed by atoms with van der Waals surface area (Å²) in [5, 5.41) is 20.4. The maximum absolute atomic E-state index is 10.2. The van der Waals surface area contributed by atoms with Gasteiger partial charge in [-0.15, -0.1) is 0 Å². The molecule has 0 heterocycles. The highest BCUT2D eigenvalue weighted by Crippen LogP contribution is 2.12. The molecule has 0 aliphatic carbocycles. The number of ether oxygens (including phenoxy) is 2. The Hall–Kier alpha value is -2.12. The van der Waals surface area contributed by atoms with Crippen molar-refractivity contribution in [2.24, 2.45) is 0 Å². The molecule has 6 heteroatoms. The monoisotopic (exact) mass is 416 g/mol. The van der Waals surface area contributed by atoms with Gasteiger partial charge in [-0.3, -0.25) is 0 Å². The predicted molar refractivity (Wildman–Crippen MR) is 120 cm³/mol. The van der Waals surface area contributed by atoms with E-state index in [4.69, 9.17) is 9.47 Å². The summed E-state index contributed by atoms with van der Waals surface area (Å²) >= 11 is 0. The van der Waals surface area contributed by atoms with Crippen LogP contribution in [0.15, 0.2) is 48.5 Å². The maximum Gasteiger partial charge on any atom is 0.119 e. The molecular weight excluding hydrogens is 380 g/mol. The summed E-state index contributed by atoms with van der Waals surface area (Å²) in [5.74, 6) is 1.53. The van der Waals surface area contributed by atoms with Gasteiger partial charge in [0.2, 0.25) is 0 Å². The normalized spacial score (nSPS) is 13.5. The Morgan fingerprint density at radius 1 is 0.667 bits per heavy atom. The fourth-order valence-electron chi connectivity index (χ4n) is 3.00. The molecule has 0 fully saturated rings. The van der Waals surface area contributed by atoms with Crippen LogP contribution in [0.2, 0.25) is 0 Å². The Kier molecular flexibility index (Phi) is 10.1. The first-order chi connectivity index (χ1) is 14.3. The highest BCUT2D eigenvalue weighted by Gasteiger charge is 2.12. The van der Waals surface area contributed by atoms with E-state index < -0.39 is 12.2 Å². The van der Waals surface area contributed by atoms with E-state index in [-0.39, 0.29) is 13.2 Å². The van der Waals surface area contributed by atoms with Crippen LogP contribution >= 0.6 is 0 Å². The largest absolute Gasteiger partial charge is 0.491 e. The Labute approximate surface area is 180 Å². The van der Waals surface area contributed by atoms with Crippen LogP contribution in [0, 0.1) is 13.8 Å². The third-order valence-corrected chi connectivity index (χ3v) is 4.84. The minimum Gasteiger partial charge on any atom is -0.491 e. The average molecular weight is 417 g/mol. The molecule has 2 atom stereocenters. The van der Waals surface area contributed by atoms with Gasteiger partial charge in [-0.1, -0.05) is 35.4 Å². The molecule has 2 N–H and O–H groups in total. The lowest BCUT2D eigenvalue weighted by Crippen LogP contribution is -2.40. The van der Waals surface area contributed by atoms with Crippen LogP contribution < -0.4 is 9.47 Å². The van der Waals surface area contributed by atoms with Crippen molar-refractivity contribution in [3.63, 3.8) is 0 Å². The molecule has 2 aromatic carbocycles. The zero-order chi connectivity index (χ0) is 21.9. The predicted octanol–water partition coefficient (Wildman–Crippen LogP) is 2.35. The number of aliphatic hydroxyl groups excluding tert-OH is 2. The summed E-state index contributed by atoms with van der Waals surface area (Å²) in [6.07, 6.45) is -1.12. The highest BCUT2D eigenvalue weighted by molar-refractivity contribution is 5.27. The van der Waals surface area contributed by atoms with Crippen molar-refractivity contribution < 1.29 is 19.7 Å². The van der Waals surface area contributed by atoms with Crippen LogP contribution in [-0.2, 0) is 0 Å². The molecule has 2 rings (SSSR count). The number of likely N-dealkylation sites (N-methyl/N-ethyl adjacent to an activating group) is 2. The first-order valence-electron chi connectivity index (χ1n) is 10.4. The van der Waals surface area contributed by atoms with E-state index in [9.17, 15) is 10.2 Å². The molecule has 166 valence electrons. The average Bonchev–Trinajstić information content (AvgIpc) is 2.71. The summed E-state index contributed by atoms with van der Waals surface area (Å²) < 4.78 is 11.3. The summed E-state index contributed by atoms with van der Waals surface area (Å²) in [7, 11) is 3.94. The van der Waals surface area contributed by atoms with E-state index in [1.807, 2.05) is 76.5 Å². The second-order valence-corrected chi connectivity index (χ2v) is 8.08. The van der Waals surface area contributed by atoms with E-state index in [1.54, 1.807) is 0 Å². The van der Waals surface area contributed by atoms with E-state index in [2.05, 4.69) is 9.80 Å². The summed E-state index contributed by atoms with van der Waals surface area (Å²) in [5.41, 5.74) is 2.36. The molecule has 6 nitrogen and oxygen atoms in total. The molecule has 0 aliphatic heterocycles. The van der Waals surface area contributed by atoms with Crippen molar-refractivity contribution in [2.75, 3.05) is 53.5 Å². The summed E-state index contributed by atoms with van der Waals surface area (Å²) in [6.45, 7) is 7.20. The molecule has 2 aromatic rings. The number of nitrogens with zero attached hydrogens (tertiary/aromatic N) is 2. The van der Waals surface area contributed by atoms with E-state index in [0.29, 0.717) is 13.1 Å². The van der Waals surface area contributed by atoms with E-state index >= 15 is 0 Å². The second kappa shape index (κ2) is 12.5. The molecule has 30 heavy (non-hydrogen) atoms. The topological polar surface area (TPSA) is 65.4 Å². The number of aryl methyl sites for hydroxylation is 2. The van der Waals surface area contributed by atoms with Gasteiger partial charge >= 0.3 is 0 Å². The molecule has 2 unspecified atom stereocenters. The molecule has 0 amide bonds. The molecule has 0 bridgehead atoms. The van der Waals surface area contributed by atoms with Crippen LogP contribution in [0.5, 0.6) is 11.5 Å². The van der Waals surface area contributed by atoms with Gasteiger partial charge in [-0.05, 0) is 52.2 Å². The van der Waals surface area contributed by atoms with E-state index in [1.165, 1.54) is 11.1 Å². The number of rotatable bonds is 13. The van der Waals surface area contributed by atoms with Gasteiger partial charge in [0.05, 0.1) is 0 Å². The zero-order valence-corrected chi connectivity index (χ0v) is 18.6. The van der Waals surface area contributed by atoms with Crippen LogP contribution in [0.25, 0.3) is 0 Å². The molecule has 0 spiro atoms. The standard InChI is InChI=1S/C24H36N2O4/c1-19-5-9-23(10-6-19)29-17-21(27)15-25(3)13-14-26(4)16-22(28)18-30-24-11-7-20(2)8-12-24/h5-12,21-22,27-28H,13-18H2,1-4H3. The minimum absolute atomic E-state index is 0.262. The SMILES string of the molecule is Cc1ccc(OCC(O)CN(C)CCN(C)CC(O)COc2ccc(C)cc2)cc1. The fraction of sp³-hybridized carbons (Fsp3) is 0.500. The van der Waals surface area contributed by atoms with Gasteiger partial charge in [0.25, 0.3) is 0 Å². The van der Waals surface area contributed by atoms with Crippen molar-refractivity contribution in [1.29, 1.82) is 0 Å². The van der Waals surface area contributed by atoms with Gasteiger partial charge in [0.15, 0.2) is 0 Å². The fourth-order valence-corrected chi connectivity index (χ4v) is 3.00. The van der Waals surface area contributed by atoms with Gasteiger partial charge in [-0.25, -0.2) is 0 Å². The van der Waals surface area contributed by atoms with Crippen LogP contribution in [-0.4, -0.2) is 85.7 Å². The Balaban J connectivity index is 1.58. The molecule has 0 aromatic heterocycles. The Morgan fingerprint density at radius 2 is 1.00 bits per heavy atom. The zero-order valence-electron chi connectivity index (χ0n) is 18.6. The third-order valence-electron chi connectivity index (χ3n) is 4.84. The molecular formula is C24H36N2O4. The number of benzene rings is 2. The van der Waals surface area contributed by atoms with Crippen molar-refractivity contribution in [3.8, 4) is 11.5 Å². The van der Waals surface area contributed by atoms with Crippen molar-refractivity contribution in [2.45, 2.75) is 26.1 Å². The van der Waals surface area contributed by atoms with Gasteiger partial charge < -0.3 is 29.5 Å². The molecule has 0 saturated heterocycles. The lowest BCUT2D eigenvalue weighted by Gasteiger charge is -2.25. The molecule has 0 saturated carbocycles. The highest BCUT2D eigenvalue weighted by atomic mass is 16.5. The number of hydrogen-bond donors (Lipinski definition) is 2. The van der Waals surface area contributed by atoms with E-state index in [0.717, 1.165) is 24.6 Å². The Morgan fingerprint density at radius 3 is 1.33 bits per heavy atom. The van der Waals surface area contributed by atoms with Gasteiger partial charge in [0.1, 0.15) is 36.9 Å². The number of hydrogen-bond acceptors (Lipinski definition) is 6. The number of aliphatic hydroxyl groups is 2. The lowest BCUT2D eigenvalue weighted by molar-refractivity contribution is 0.0617. The van der Waals surface area contributed by atoms with Gasteiger partial charge in [-0.2, -0.15) is 0 Å². The second-order valence-electron chi connectivity index (χ2n) is 8.08. The van der Waals surface area contributed by atoms with Crippen molar-refractivity contribution in [3.05, 3.63) is 59.7 Å². The molecule has 0 aliphatic rings. The minimum atomic E-state index is -0.560. The molecule has 0 radical (unpaired) electrons. The summed E-state index contributed by atoms with van der Waals surface area (Å²) in [6, 6.07) is 15.6. The van der Waals surface area contributed by atoms with Crippen molar-refractivity contribution in [1.82, 2.24) is 9.80 Å². The lowest BCUT2D eigenvalue weighted by atomic mass is 10.2. The quantitative estimate of drug-likeness (QED) is 0.523. The van der Waals surface area contributed by atoms with Crippen LogP contribution in [0.1, 0.15) is 11.1 Å². The smallest absolute Gasteiger partial charge is 0.119 e. The van der Waals surface area contributed by atoms with Crippen LogP contribution in [0.4, 0.5) is 0 Å². The maximum atomic E-state index is 10.2. The first kappa shape index (κ1) is 24.2. The van der Waals surface area contributed by atoms with Crippen LogP contribution in [0.3, 0.4) is 0 Å².